The van der Waals surface area contributed by atoms with Gasteiger partial charge in [-0.15, -0.1) is 0 Å². The molecule has 0 saturated heterocycles. The van der Waals surface area contributed by atoms with E-state index in [0.717, 1.165) is 21.3 Å². The van der Waals surface area contributed by atoms with E-state index in [0.29, 0.717) is 0 Å². The predicted octanol–water partition coefficient (Wildman–Crippen LogP) is 0.628. The Labute approximate surface area is 120 Å². The maximum absolute atomic E-state index is 11.6. The first-order valence-electron chi connectivity index (χ1n) is 6.25. The standard InChI is InChI=1S/C15H14N2O4/c16-13(18)7-10-1-3-11(4-2-10)12-5-6-14(19)17(8-12)9-15(20)21/h1-6,8H,7,9H2,(H2,16,18)(H,20,21). The molecule has 0 bridgehead atoms. The highest BCUT2D eigenvalue weighted by atomic mass is 16.4. The molecule has 0 spiro atoms. The number of pyridine rings is 1. The number of aromatic nitrogens is 1. The molecule has 3 N–H and O–H groups in total. The maximum atomic E-state index is 11.6. The molecule has 0 unspecified atom stereocenters. The zero-order valence-corrected chi connectivity index (χ0v) is 11.2. The third kappa shape index (κ3) is 3.79. The lowest BCUT2D eigenvalue weighted by atomic mass is 10.0. The normalized spacial score (nSPS) is 10.3. The molecule has 1 amide bonds. The Kier molecular flexibility index (Phi) is 4.18. The fourth-order valence-electron chi connectivity index (χ4n) is 1.99. The number of carbonyl (C=O) groups excluding carboxylic acids is 1. The number of amides is 1. The van der Waals surface area contributed by atoms with Gasteiger partial charge in [-0.05, 0) is 22.8 Å². The van der Waals surface area contributed by atoms with Gasteiger partial charge in [0.2, 0.25) is 5.91 Å². The van der Waals surface area contributed by atoms with Crippen molar-refractivity contribution in [1.29, 1.82) is 0 Å². The van der Waals surface area contributed by atoms with Crippen LogP contribution in [0.1, 0.15) is 5.56 Å². The Morgan fingerprint density at radius 1 is 1.05 bits per heavy atom. The van der Waals surface area contributed by atoms with E-state index in [-0.39, 0.29) is 18.5 Å². The minimum absolute atomic E-state index is 0.165. The molecule has 6 nitrogen and oxygen atoms in total. The van der Waals surface area contributed by atoms with Crippen molar-refractivity contribution in [2.24, 2.45) is 5.73 Å². The zero-order valence-electron chi connectivity index (χ0n) is 11.2. The fraction of sp³-hybridized carbons (Fsp3) is 0.133. The van der Waals surface area contributed by atoms with E-state index < -0.39 is 11.9 Å². The van der Waals surface area contributed by atoms with Crippen LogP contribution in [-0.4, -0.2) is 21.6 Å². The average Bonchev–Trinajstić information content (AvgIpc) is 2.41. The Hall–Kier alpha value is -2.89. The van der Waals surface area contributed by atoms with Crippen LogP contribution in [0.5, 0.6) is 0 Å². The summed E-state index contributed by atoms with van der Waals surface area (Å²) in [5, 5.41) is 8.77. The van der Waals surface area contributed by atoms with Gasteiger partial charge in [0, 0.05) is 12.3 Å². The number of hydrogen-bond donors (Lipinski definition) is 2. The van der Waals surface area contributed by atoms with Crippen LogP contribution in [0, 0.1) is 0 Å². The number of hydrogen-bond acceptors (Lipinski definition) is 3. The number of nitrogens with two attached hydrogens (primary N) is 1. The Morgan fingerprint density at radius 3 is 2.24 bits per heavy atom. The topological polar surface area (TPSA) is 102 Å². The summed E-state index contributed by atoms with van der Waals surface area (Å²) in [6, 6.07) is 10.1. The molecular formula is C15H14N2O4. The Morgan fingerprint density at radius 2 is 1.67 bits per heavy atom. The highest BCUT2D eigenvalue weighted by Crippen LogP contribution is 2.18. The van der Waals surface area contributed by atoms with Crippen molar-refractivity contribution >= 4 is 11.9 Å². The summed E-state index contributed by atoms with van der Waals surface area (Å²) >= 11 is 0. The van der Waals surface area contributed by atoms with Crippen LogP contribution in [0.2, 0.25) is 0 Å². The van der Waals surface area contributed by atoms with E-state index in [1.807, 2.05) is 0 Å². The molecule has 0 radical (unpaired) electrons. The van der Waals surface area contributed by atoms with Crippen molar-refractivity contribution in [3.63, 3.8) is 0 Å². The van der Waals surface area contributed by atoms with Crippen LogP contribution in [-0.2, 0) is 22.6 Å². The number of carbonyl (C=O) groups is 2. The molecule has 0 aliphatic heterocycles. The molecule has 0 saturated carbocycles. The van der Waals surface area contributed by atoms with E-state index in [4.69, 9.17) is 10.8 Å². The SMILES string of the molecule is NC(=O)Cc1ccc(-c2ccc(=O)n(CC(=O)O)c2)cc1. The van der Waals surface area contributed by atoms with Gasteiger partial charge in [-0.2, -0.15) is 0 Å². The van der Waals surface area contributed by atoms with Crippen LogP contribution in [0.15, 0.2) is 47.4 Å². The van der Waals surface area contributed by atoms with E-state index in [9.17, 15) is 14.4 Å². The van der Waals surface area contributed by atoms with Crippen molar-refractivity contribution in [3.05, 3.63) is 58.5 Å². The maximum Gasteiger partial charge on any atom is 0.323 e. The van der Waals surface area contributed by atoms with Crippen molar-refractivity contribution in [2.75, 3.05) is 0 Å². The monoisotopic (exact) mass is 286 g/mol. The lowest BCUT2D eigenvalue weighted by molar-refractivity contribution is -0.137. The molecule has 1 aromatic carbocycles. The van der Waals surface area contributed by atoms with E-state index in [1.54, 1.807) is 30.3 Å². The quantitative estimate of drug-likeness (QED) is 0.841. The highest BCUT2D eigenvalue weighted by Gasteiger charge is 2.05. The lowest BCUT2D eigenvalue weighted by Crippen LogP contribution is -2.22. The Balaban J connectivity index is 2.31. The minimum atomic E-state index is -1.08. The first-order chi connectivity index (χ1) is 9.95. The summed E-state index contributed by atoms with van der Waals surface area (Å²) in [5.41, 5.74) is 7.10. The van der Waals surface area contributed by atoms with Gasteiger partial charge in [0.15, 0.2) is 0 Å². The van der Waals surface area contributed by atoms with Gasteiger partial charge >= 0.3 is 5.97 Å². The number of rotatable bonds is 5. The van der Waals surface area contributed by atoms with Crippen LogP contribution < -0.4 is 11.3 Å². The second-order valence-electron chi connectivity index (χ2n) is 4.62. The first-order valence-corrected chi connectivity index (χ1v) is 6.25. The fourth-order valence-corrected chi connectivity index (χ4v) is 1.99. The zero-order chi connectivity index (χ0) is 15.4. The summed E-state index contributed by atoms with van der Waals surface area (Å²) < 4.78 is 1.13. The Bertz CT molecular complexity index is 732. The van der Waals surface area contributed by atoms with Crippen LogP contribution in [0.4, 0.5) is 0 Å². The average molecular weight is 286 g/mol. The molecule has 1 heterocycles. The third-order valence-electron chi connectivity index (χ3n) is 2.95. The smallest absolute Gasteiger partial charge is 0.323 e. The molecular weight excluding hydrogens is 272 g/mol. The molecule has 2 rings (SSSR count). The van der Waals surface area contributed by atoms with Gasteiger partial charge in [-0.25, -0.2) is 0 Å². The van der Waals surface area contributed by atoms with Gasteiger partial charge in [0.25, 0.3) is 5.56 Å². The molecule has 2 aromatic rings. The van der Waals surface area contributed by atoms with E-state index in [1.165, 1.54) is 12.3 Å². The van der Waals surface area contributed by atoms with Crippen molar-refractivity contribution in [2.45, 2.75) is 13.0 Å². The van der Waals surface area contributed by atoms with Crippen molar-refractivity contribution in [1.82, 2.24) is 4.57 Å². The van der Waals surface area contributed by atoms with E-state index in [2.05, 4.69) is 0 Å². The number of carboxylic acids is 1. The van der Waals surface area contributed by atoms with E-state index >= 15 is 0 Å². The summed E-state index contributed by atoms with van der Waals surface area (Å²) in [4.78, 5) is 33.1. The minimum Gasteiger partial charge on any atom is -0.480 e. The molecule has 0 atom stereocenters. The summed E-state index contributed by atoms with van der Waals surface area (Å²) in [5.74, 6) is -1.48. The van der Waals surface area contributed by atoms with Gasteiger partial charge in [-0.3, -0.25) is 14.4 Å². The number of carboxylic acid groups (broad SMARTS) is 1. The second kappa shape index (κ2) is 6.04. The molecule has 1 aromatic heterocycles. The summed E-state index contributed by atoms with van der Waals surface area (Å²) in [6.45, 7) is -0.383. The molecule has 21 heavy (non-hydrogen) atoms. The summed E-state index contributed by atoms with van der Waals surface area (Å²) in [6.07, 6.45) is 1.67. The molecule has 0 aliphatic carbocycles. The highest BCUT2D eigenvalue weighted by molar-refractivity contribution is 5.77. The molecule has 108 valence electrons. The third-order valence-corrected chi connectivity index (χ3v) is 2.95. The number of nitrogens with zero attached hydrogens (tertiary/aromatic N) is 1. The van der Waals surface area contributed by atoms with Crippen LogP contribution in [0.25, 0.3) is 11.1 Å². The van der Waals surface area contributed by atoms with Gasteiger partial charge < -0.3 is 15.4 Å². The molecule has 0 aliphatic rings. The second-order valence-corrected chi connectivity index (χ2v) is 4.62. The summed E-state index contributed by atoms with van der Waals surface area (Å²) in [7, 11) is 0. The van der Waals surface area contributed by atoms with Gasteiger partial charge in [-0.1, -0.05) is 24.3 Å². The van der Waals surface area contributed by atoms with Crippen molar-refractivity contribution < 1.29 is 14.7 Å². The molecule has 6 heteroatoms. The van der Waals surface area contributed by atoms with Crippen LogP contribution >= 0.6 is 0 Å². The van der Waals surface area contributed by atoms with Crippen LogP contribution in [0.3, 0.4) is 0 Å². The van der Waals surface area contributed by atoms with Gasteiger partial charge in [0.1, 0.15) is 6.54 Å². The largest absolute Gasteiger partial charge is 0.480 e. The number of benzene rings is 1. The lowest BCUT2D eigenvalue weighted by Gasteiger charge is -2.07. The number of primary amides is 1. The first kappa shape index (κ1) is 14.5. The van der Waals surface area contributed by atoms with Crippen molar-refractivity contribution in [3.8, 4) is 11.1 Å². The molecule has 0 fully saturated rings. The predicted molar refractivity (Wildman–Crippen MR) is 76.7 cm³/mol. The number of aliphatic carboxylic acids is 1. The van der Waals surface area contributed by atoms with Gasteiger partial charge in [0.05, 0.1) is 6.42 Å².